The van der Waals surface area contributed by atoms with Crippen molar-refractivity contribution in [2.24, 2.45) is 0 Å². The number of ketones is 1. The number of methoxy groups -OCH3 is 4. The second-order valence-electron chi connectivity index (χ2n) is 6.08. The molecule has 0 bridgehead atoms. The molecule has 2 aromatic carbocycles. The summed E-state index contributed by atoms with van der Waals surface area (Å²) in [5.41, 5.74) is 0.666. The highest BCUT2D eigenvalue weighted by Crippen LogP contribution is 2.35. The topological polar surface area (TPSA) is 102 Å². The molecule has 0 radical (unpaired) electrons. The number of allylic oxidation sites excluding steroid dienone is 1. The van der Waals surface area contributed by atoms with Gasteiger partial charge in [0.15, 0.2) is 37.7 Å². The highest BCUT2D eigenvalue weighted by Gasteiger charge is 2.18. The largest absolute Gasteiger partial charge is 0.507 e. The number of ether oxygens (including phenoxy) is 7. The molecule has 0 saturated carbocycles. The maximum Gasteiger partial charge on any atom is 0.193 e. The molecule has 0 aliphatic carbocycles. The molecule has 0 atom stereocenters. The zero-order chi connectivity index (χ0) is 22.6. The third-order valence-electron chi connectivity index (χ3n) is 3.92. The van der Waals surface area contributed by atoms with Crippen LogP contribution in [-0.4, -0.2) is 59.7 Å². The molecule has 1 N–H and O–H groups in total. The zero-order valence-electron chi connectivity index (χ0n) is 17.9. The van der Waals surface area contributed by atoms with E-state index in [1.807, 2.05) is 0 Å². The smallest absolute Gasteiger partial charge is 0.193 e. The van der Waals surface area contributed by atoms with Gasteiger partial charge in [-0.25, -0.2) is 0 Å². The standard InChI is InChI=1S/C22H26O9/c1-25-12-29-16-10-18(24)22(21(11-16)31-14-27-3)17(23)7-5-15-6-8-19(30-13-26-2)20(9-15)28-4/h5-11,24H,12-14H2,1-4H3. The normalized spacial score (nSPS) is 10.8. The van der Waals surface area contributed by atoms with Crippen LogP contribution in [0.5, 0.6) is 28.7 Å². The van der Waals surface area contributed by atoms with Crippen molar-refractivity contribution < 1.29 is 43.1 Å². The van der Waals surface area contributed by atoms with E-state index in [-0.39, 0.29) is 43.2 Å². The lowest BCUT2D eigenvalue weighted by Gasteiger charge is -2.13. The molecular formula is C22H26O9. The van der Waals surface area contributed by atoms with E-state index >= 15 is 0 Å². The van der Waals surface area contributed by atoms with Gasteiger partial charge in [-0.2, -0.15) is 0 Å². The monoisotopic (exact) mass is 434 g/mol. The van der Waals surface area contributed by atoms with Gasteiger partial charge >= 0.3 is 0 Å². The molecule has 0 aliphatic rings. The molecule has 0 fully saturated rings. The predicted octanol–water partition coefficient (Wildman–Crippen LogP) is 3.25. The van der Waals surface area contributed by atoms with E-state index in [9.17, 15) is 9.90 Å². The van der Waals surface area contributed by atoms with E-state index in [2.05, 4.69) is 0 Å². The molecule has 9 nitrogen and oxygen atoms in total. The van der Waals surface area contributed by atoms with Crippen LogP contribution in [0.4, 0.5) is 0 Å². The third-order valence-corrected chi connectivity index (χ3v) is 3.92. The molecule has 168 valence electrons. The summed E-state index contributed by atoms with van der Waals surface area (Å²) in [6.07, 6.45) is 2.90. The van der Waals surface area contributed by atoms with Gasteiger partial charge in [-0.05, 0) is 23.8 Å². The molecule has 0 aromatic heterocycles. The van der Waals surface area contributed by atoms with Crippen LogP contribution in [0.1, 0.15) is 15.9 Å². The van der Waals surface area contributed by atoms with E-state index in [0.717, 1.165) is 0 Å². The summed E-state index contributed by atoms with van der Waals surface area (Å²) in [5, 5.41) is 10.4. The number of rotatable bonds is 13. The van der Waals surface area contributed by atoms with Gasteiger partial charge in [-0.1, -0.05) is 12.1 Å². The highest BCUT2D eigenvalue weighted by atomic mass is 16.7. The highest BCUT2D eigenvalue weighted by molar-refractivity contribution is 6.10. The Kier molecular flexibility index (Phi) is 9.63. The van der Waals surface area contributed by atoms with Gasteiger partial charge in [0, 0.05) is 33.5 Å². The molecular weight excluding hydrogens is 408 g/mol. The summed E-state index contributed by atoms with van der Waals surface area (Å²) in [5.74, 6) is 0.618. The van der Waals surface area contributed by atoms with Gasteiger partial charge in [0.2, 0.25) is 0 Å². The van der Waals surface area contributed by atoms with Crippen molar-refractivity contribution in [1.82, 2.24) is 0 Å². The Morgan fingerprint density at radius 2 is 1.48 bits per heavy atom. The molecule has 9 heteroatoms. The Morgan fingerprint density at radius 1 is 0.839 bits per heavy atom. The summed E-state index contributed by atoms with van der Waals surface area (Å²) in [6.45, 7) is -0.0583. The van der Waals surface area contributed by atoms with E-state index in [0.29, 0.717) is 17.1 Å². The fourth-order valence-electron chi connectivity index (χ4n) is 2.56. The van der Waals surface area contributed by atoms with Crippen LogP contribution in [0, 0.1) is 0 Å². The quantitative estimate of drug-likeness (QED) is 0.289. The first-order chi connectivity index (χ1) is 15.0. The first kappa shape index (κ1) is 24.0. The summed E-state index contributed by atoms with van der Waals surface area (Å²) in [6, 6.07) is 7.95. The van der Waals surface area contributed by atoms with Crippen LogP contribution in [0.2, 0.25) is 0 Å². The lowest BCUT2D eigenvalue weighted by atomic mass is 10.1. The molecule has 0 saturated heterocycles. The molecule has 2 aromatic rings. The second kappa shape index (κ2) is 12.4. The molecule has 2 rings (SSSR count). The molecule has 31 heavy (non-hydrogen) atoms. The van der Waals surface area contributed by atoms with Crippen LogP contribution >= 0.6 is 0 Å². The Labute approximate surface area is 180 Å². The van der Waals surface area contributed by atoms with Crippen molar-refractivity contribution in [2.45, 2.75) is 0 Å². The summed E-state index contributed by atoms with van der Waals surface area (Å²) < 4.78 is 36.1. The van der Waals surface area contributed by atoms with Crippen molar-refractivity contribution in [1.29, 1.82) is 0 Å². The summed E-state index contributed by atoms with van der Waals surface area (Å²) >= 11 is 0. The third kappa shape index (κ3) is 6.88. The van der Waals surface area contributed by atoms with Crippen LogP contribution in [0.25, 0.3) is 6.08 Å². The lowest BCUT2D eigenvalue weighted by Crippen LogP contribution is -2.07. The predicted molar refractivity (Wildman–Crippen MR) is 112 cm³/mol. The van der Waals surface area contributed by atoms with Gasteiger partial charge in [-0.15, -0.1) is 0 Å². The van der Waals surface area contributed by atoms with Crippen LogP contribution < -0.4 is 18.9 Å². The number of hydrogen-bond donors (Lipinski definition) is 1. The lowest BCUT2D eigenvalue weighted by molar-refractivity contribution is 0.0453. The maximum absolute atomic E-state index is 12.8. The number of benzene rings is 2. The summed E-state index contributed by atoms with van der Waals surface area (Å²) in [4.78, 5) is 12.8. The van der Waals surface area contributed by atoms with Gasteiger partial charge in [-0.3, -0.25) is 4.79 Å². The van der Waals surface area contributed by atoms with Crippen molar-refractivity contribution in [3.8, 4) is 28.7 Å². The number of carbonyl (C=O) groups excluding carboxylic acids is 1. The van der Waals surface area contributed by atoms with Gasteiger partial charge in [0.25, 0.3) is 0 Å². The van der Waals surface area contributed by atoms with Crippen molar-refractivity contribution in [3.05, 3.63) is 47.5 Å². The fraction of sp³-hybridized carbons (Fsp3) is 0.318. The average molecular weight is 434 g/mol. The molecule has 0 heterocycles. The molecule has 0 unspecified atom stereocenters. The minimum absolute atomic E-state index is 0.0231. The van der Waals surface area contributed by atoms with E-state index in [4.69, 9.17) is 33.2 Å². The number of phenols is 1. The first-order valence-corrected chi connectivity index (χ1v) is 9.16. The molecule has 0 aliphatic heterocycles. The Balaban J connectivity index is 2.28. The Hall–Kier alpha value is -3.27. The number of phenolic OH excluding ortho intramolecular Hbond substituents is 1. The minimum atomic E-state index is -0.472. The Morgan fingerprint density at radius 3 is 2.13 bits per heavy atom. The maximum atomic E-state index is 12.8. The average Bonchev–Trinajstić information content (AvgIpc) is 2.78. The number of hydrogen-bond acceptors (Lipinski definition) is 9. The van der Waals surface area contributed by atoms with Crippen LogP contribution in [0.3, 0.4) is 0 Å². The first-order valence-electron chi connectivity index (χ1n) is 9.16. The minimum Gasteiger partial charge on any atom is -0.507 e. The van der Waals surface area contributed by atoms with E-state index in [1.54, 1.807) is 24.3 Å². The van der Waals surface area contributed by atoms with Crippen molar-refractivity contribution in [2.75, 3.05) is 48.8 Å². The van der Waals surface area contributed by atoms with Gasteiger partial charge in [0.1, 0.15) is 22.8 Å². The van der Waals surface area contributed by atoms with Gasteiger partial charge < -0.3 is 38.3 Å². The Bertz CT molecular complexity index is 893. The van der Waals surface area contributed by atoms with Crippen molar-refractivity contribution >= 4 is 11.9 Å². The zero-order valence-corrected chi connectivity index (χ0v) is 17.9. The van der Waals surface area contributed by atoms with Crippen molar-refractivity contribution in [3.63, 3.8) is 0 Å². The number of aromatic hydroxyl groups is 1. The molecule has 0 spiro atoms. The fourth-order valence-corrected chi connectivity index (χ4v) is 2.56. The summed E-state index contributed by atoms with van der Waals surface area (Å²) in [7, 11) is 5.94. The van der Waals surface area contributed by atoms with E-state index < -0.39 is 5.78 Å². The van der Waals surface area contributed by atoms with Crippen LogP contribution in [0.15, 0.2) is 36.4 Å². The number of carbonyl (C=O) groups is 1. The van der Waals surface area contributed by atoms with Crippen LogP contribution in [-0.2, 0) is 14.2 Å². The van der Waals surface area contributed by atoms with Gasteiger partial charge in [0.05, 0.1) is 7.11 Å². The van der Waals surface area contributed by atoms with E-state index in [1.165, 1.54) is 46.6 Å². The molecule has 0 amide bonds. The second-order valence-corrected chi connectivity index (χ2v) is 6.08. The SMILES string of the molecule is COCOc1cc(O)c(C(=O)C=Cc2ccc(OCOC)c(OC)c2)c(OCOC)c1.